The van der Waals surface area contributed by atoms with E-state index in [0.29, 0.717) is 54.8 Å². The van der Waals surface area contributed by atoms with E-state index < -0.39 is 5.41 Å². The van der Waals surface area contributed by atoms with Crippen molar-refractivity contribution in [3.63, 3.8) is 0 Å². The molecule has 1 heterocycles. The zero-order valence-electron chi connectivity index (χ0n) is 14.6. The molecule has 27 heavy (non-hydrogen) atoms. The summed E-state index contributed by atoms with van der Waals surface area (Å²) in [6.07, 6.45) is 1.08. The van der Waals surface area contributed by atoms with Crippen molar-refractivity contribution in [1.29, 1.82) is 0 Å². The second kappa shape index (κ2) is 7.12. The first kappa shape index (κ1) is 17.7. The maximum absolute atomic E-state index is 12.7. The van der Waals surface area contributed by atoms with Gasteiger partial charge in [0, 0.05) is 23.3 Å². The minimum absolute atomic E-state index is 0.257. The molecule has 0 radical (unpaired) electrons. The predicted molar refractivity (Wildman–Crippen MR) is 101 cm³/mol. The smallest absolute Gasteiger partial charge is 0.240 e. The minimum Gasteiger partial charge on any atom is -0.486 e. The quantitative estimate of drug-likeness (QED) is 0.774. The zero-order chi connectivity index (χ0) is 18.9. The second-order valence-corrected chi connectivity index (χ2v) is 7.14. The summed E-state index contributed by atoms with van der Waals surface area (Å²) in [5, 5.41) is 6.32. The van der Waals surface area contributed by atoms with Crippen molar-refractivity contribution in [1.82, 2.24) is 5.32 Å². The molecule has 2 aromatic rings. The van der Waals surface area contributed by atoms with Gasteiger partial charge < -0.3 is 20.1 Å². The van der Waals surface area contributed by atoms with Crippen LogP contribution in [0.25, 0.3) is 0 Å². The van der Waals surface area contributed by atoms with Gasteiger partial charge in [0.15, 0.2) is 11.5 Å². The molecule has 7 heteroatoms. The third-order valence-corrected chi connectivity index (χ3v) is 5.04. The fourth-order valence-electron chi connectivity index (χ4n) is 3.01. The van der Waals surface area contributed by atoms with E-state index in [1.165, 1.54) is 0 Å². The average Bonchev–Trinajstić information content (AvgIpc) is 3.49. The summed E-state index contributed by atoms with van der Waals surface area (Å²) in [5.74, 6) is 0.692. The molecule has 6 nitrogen and oxygen atoms in total. The Bertz CT molecular complexity index is 878. The molecule has 1 aliphatic heterocycles. The Labute approximate surface area is 161 Å². The van der Waals surface area contributed by atoms with Crippen molar-refractivity contribution in [2.45, 2.75) is 19.4 Å². The number of halogens is 1. The molecule has 0 bridgehead atoms. The van der Waals surface area contributed by atoms with Gasteiger partial charge in [-0.1, -0.05) is 23.7 Å². The number of benzene rings is 2. The Morgan fingerprint density at radius 3 is 2.37 bits per heavy atom. The first-order valence-electron chi connectivity index (χ1n) is 8.81. The van der Waals surface area contributed by atoms with Crippen LogP contribution < -0.4 is 20.1 Å². The molecule has 0 unspecified atom stereocenters. The maximum atomic E-state index is 12.7. The van der Waals surface area contributed by atoms with Crippen molar-refractivity contribution < 1.29 is 19.1 Å². The van der Waals surface area contributed by atoms with Crippen LogP contribution in [-0.4, -0.2) is 25.0 Å². The Morgan fingerprint density at radius 1 is 0.963 bits per heavy atom. The Hall–Kier alpha value is -2.73. The highest BCUT2D eigenvalue weighted by Gasteiger charge is 2.56. The number of ether oxygens (including phenoxy) is 2. The van der Waals surface area contributed by atoms with Crippen LogP contribution >= 0.6 is 11.6 Å². The molecule has 1 aliphatic carbocycles. The van der Waals surface area contributed by atoms with Gasteiger partial charge in [0.05, 0.1) is 0 Å². The van der Waals surface area contributed by atoms with E-state index in [2.05, 4.69) is 10.6 Å². The Kier molecular flexibility index (Phi) is 4.66. The van der Waals surface area contributed by atoms with Gasteiger partial charge in [-0.15, -0.1) is 0 Å². The lowest BCUT2D eigenvalue weighted by atomic mass is 10.0. The van der Waals surface area contributed by atoms with Crippen molar-refractivity contribution >= 4 is 29.1 Å². The third-order valence-electron chi connectivity index (χ3n) is 4.79. The third kappa shape index (κ3) is 3.71. The number of hydrogen-bond donors (Lipinski definition) is 2. The Balaban J connectivity index is 1.39. The monoisotopic (exact) mass is 386 g/mol. The predicted octanol–water partition coefficient (Wildman–Crippen LogP) is 3.15. The summed E-state index contributed by atoms with van der Waals surface area (Å²) in [4.78, 5) is 25.3. The van der Waals surface area contributed by atoms with E-state index >= 15 is 0 Å². The average molecular weight is 387 g/mol. The molecule has 4 rings (SSSR count). The minimum atomic E-state index is -1.00. The molecule has 2 amide bonds. The van der Waals surface area contributed by atoms with Crippen LogP contribution in [0.4, 0.5) is 5.69 Å². The van der Waals surface area contributed by atoms with Gasteiger partial charge in [-0.2, -0.15) is 0 Å². The summed E-state index contributed by atoms with van der Waals surface area (Å²) >= 11 is 5.86. The van der Waals surface area contributed by atoms with Crippen LogP contribution in [0.2, 0.25) is 5.02 Å². The number of anilines is 1. The van der Waals surface area contributed by atoms with Crippen molar-refractivity contribution in [2.24, 2.45) is 5.41 Å². The lowest BCUT2D eigenvalue weighted by Gasteiger charge is -2.20. The van der Waals surface area contributed by atoms with E-state index in [0.717, 1.165) is 5.56 Å². The Morgan fingerprint density at radius 2 is 1.67 bits per heavy atom. The van der Waals surface area contributed by atoms with Crippen LogP contribution in [0.1, 0.15) is 18.4 Å². The number of nitrogens with one attached hydrogen (secondary N) is 2. The number of rotatable bonds is 5. The van der Waals surface area contributed by atoms with Crippen LogP contribution in [0, 0.1) is 5.41 Å². The second-order valence-electron chi connectivity index (χ2n) is 6.70. The summed E-state index contributed by atoms with van der Waals surface area (Å²) < 4.78 is 11.0. The van der Waals surface area contributed by atoms with Crippen molar-refractivity contribution in [2.75, 3.05) is 18.5 Å². The fourth-order valence-corrected chi connectivity index (χ4v) is 3.13. The first-order chi connectivity index (χ1) is 13.1. The fraction of sp³-hybridized carbons (Fsp3) is 0.300. The summed E-state index contributed by atoms with van der Waals surface area (Å²) in [7, 11) is 0. The van der Waals surface area contributed by atoms with Crippen LogP contribution in [0.5, 0.6) is 11.5 Å². The molecule has 1 saturated carbocycles. The van der Waals surface area contributed by atoms with Gasteiger partial charge in [-0.25, -0.2) is 0 Å². The lowest BCUT2D eigenvalue weighted by molar-refractivity contribution is -0.134. The summed E-state index contributed by atoms with van der Waals surface area (Å²) in [5.41, 5.74) is 0.511. The molecule has 0 aromatic heterocycles. The van der Waals surface area contributed by atoms with E-state index in [1.807, 2.05) is 12.1 Å². The molecule has 0 atom stereocenters. The van der Waals surface area contributed by atoms with E-state index in [1.54, 1.807) is 30.3 Å². The summed E-state index contributed by atoms with van der Waals surface area (Å²) in [6, 6.07) is 12.4. The summed E-state index contributed by atoms with van der Waals surface area (Å²) in [6.45, 7) is 1.34. The maximum Gasteiger partial charge on any atom is 0.240 e. The van der Waals surface area contributed by atoms with Gasteiger partial charge in [0.1, 0.15) is 18.6 Å². The molecule has 0 spiro atoms. The number of carbonyl (C=O) groups is 2. The van der Waals surface area contributed by atoms with E-state index in [-0.39, 0.29) is 11.8 Å². The highest BCUT2D eigenvalue weighted by Crippen LogP contribution is 2.47. The van der Waals surface area contributed by atoms with Crippen molar-refractivity contribution in [3.05, 3.63) is 53.1 Å². The molecule has 2 aliphatic rings. The normalized spacial score (nSPS) is 16.3. The number of hydrogen-bond acceptors (Lipinski definition) is 4. The van der Waals surface area contributed by atoms with Crippen molar-refractivity contribution in [3.8, 4) is 11.5 Å². The lowest BCUT2D eigenvalue weighted by Crippen LogP contribution is -2.39. The molecule has 2 N–H and O–H groups in total. The molecule has 1 fully saturated rings. The SMILES string of the molecule is O=C(NCc1ccc(Cl)cc1)C1(C(=O)Nc2ccc3c(c2)OCCO3)CC1. The highest BCUT2D eigenvalue weighted by molar-refractivity contribution is 6.30. The molecular weight excluding hydrogens is 368 g/mol. The molecule has 2 aromatic carbocycles. The first-order valence-corrected chi connectivity index (χ1v) is 9.18. The van der Waals surface area contributed by atoms with Gasteiger partial charge in [0.2, 0.25) is 11.8 Å². The number of carbonyl (C=O) groups excluding carboxylic acids is 2. The number of amides is 2. The van der Waals surface area contributed by atoms with Gasteiger partial charge in [-0.05, 0) is 42.7 Å². The highest BCUT2D eigenvalue weighted by atomic mass is 35.5. The molecule has 140 valence electrons. The van der Waals surface area contributed by atoms with Gasteiger partial charge in [0.25, 0.3) is 0 Å². The van der Waals surface area contributed by atoms with E-state index in [4.69, 9.17) is 21.1 Å². The topological polar surface area (TPSA) is 76.7 Å². The van der Waals surface area contributed by atoms with Gasteiger partial charge in [-0.3, -0.25) is 9.59 Å². The van der Waals surface area contributed by atoms with E-state index in [9.17, 15) is 9.59 Å². The number of fused-ring (bicyclic) bond motifs is 1. The van der Waals surface area contributed by atoms with Crippen LogP contribution in [0.15, 0.2) is 42.5 Å². The van der Waals surface area contributed by atoms with Crippen LogP contribution in [0.3, 0.4) is 0 Å². The molecular formula is C20H19ClN2O4. The zero-order valence-corrected chi connectivity index (χ0v) is 15.3. The van der Waals surface area contributed by atoms with Gasteiger partial charge >= 0.3 is 0 Å². The van der Waals surface area contributed by atoms with Crippen LogP contribution in [-0.2, 0) is 16.1 Å². The largest absolute Gasteiger partial charge is 0.486 e. The standard InChI is InChI=1S/C20H19ClN2O4/c21-14-3-1-13(2-4-14)12-22-18(24)20(7-8-20)19(25)23-15-5-6-16-17(11-15)27-10-9-26-16/h1-6,11H,7-10,12H2,(H,22,24)(H,23,25). The molecule has 0 saturated heterocycles.